The molecular weight excluding hydrogens is 1710 g/mol. The number of benzene rings is 5. The minimum absolute atomic E-state index is 0.0619. The van der Waals surface area contributed by atoms with E-state index in [-0.39, 0.29) is 34.4 Å². The monoisotopic (exact) mass is 1770 g/mol. The van der Waals surface area contributed by atoms with Crippen LogP contribution in [0.3, 0.4) is 0 Å². The molecule has 654 valence electrons. The van der Waals surface area contributed by atoms with Crippen molar-refractivity contribution < 1.29 is 71.6 Å². The Morgan fingerprint density at radius 3 is 1.07 bits per heavy atom. The van der Waals surface area contributed by atoms with E-state index >= 15 is 0 Å². The van der Waals surface area contributed by atoms with Gasteiger partial charge in [-0.3, -0.25) is 9.88 Å². The molecule has 0 fully saturated rings. The Morgan fingerprint density at radius 2 is 0.679 bits per heavy atom. The van der Waals surface area contributed by atoms with Crippen LogP contribution in [0.5, 0.6) is 0 Å². The first kappa shape index (κ1) is 86.4. The second-order valence-electron chi connectivity index (χ2n) is 30.2. The third-order valence-electron chi connectivity index (χ3n) is 20.9. The van der Waals surface area contributed by atoms with Gasteiger partial charge in [-0.15, -0.1) is 0 Å². The number of nitrogens with one attached hydrogen (secondary N) is 5. The smallest absolute Gasteiger partial charge is 0.177 e. The summed E-state index contributed by atoms with van der Waals surface area (Å²) in [5.41, 5.74) is 14.0. The predicted molar refractivity (Wildman–Crippen MR) is 471 cm³/mol. The summed E-state index contributed by atoms with van der Waals surface area (Å²) in [6.07, 6.45) is 27.3. The van der Waals surface area contributed by atoms with Gasteiger partial charge in [0.1, 0.15) is 28.2 Å². The third-order valence-corrected chi connectivity index (χ3v) is 20.9. The molecule has 16 heterocycles. The van der Waals surface area contributed by atoms with Gasteiger partial charge in [0.05, 0.1) is 77.3 Å². The lowest BCUT2D eigenvalue weighted by Gasteiger charge is -2.14. The zero-order chi connectivity index (χ0) is 91.3. The van der Waals surface area contributed by atoms with Gasteiger partial charge in [0.2, 0.25) is 0 Å². The van der Waals surface area contributed by atoms with E-state index in [1.165, 1.54) is 91.6 Å². The van der Waals surface area contributed by atoms with Gasteiger partial charge in [-0.1, -0.05) is 98.3 Å². The predicted octanol–water partition coefficient (Wildman–Crippen LogP) is 21.4. The van der Waals surface area contributed by atoms with Crippen molar-refractivity contribution in [2.24, 2.45) is 0 Å². The van der Waals surface area contributed by atoms with Crippen LogP contribution < -0.4 is 4.90 Å². The van der Waals surface area contributed by atoms with E-state index in [1.54, 1.807) is 80.4 Å². The number of H-pyrrole nitrogens is 5. The molecule has 16 aromatic heterocycles. The first-order valence-electron chi connectivity index (χ1n) is 39.8. The van der Waals surface area contributed by atoms with E-state index in [4.69, 9.17) is 22.6 Å². The van der Waals surface area contributed by atoms with Crippen molar-refractivity contribution >= 4 is 60.9 Å². The fourth-order valence-electron chi connectivity index (χ4n) is 14.7. The van der Waals surface area contributed by atoms with Crippen molar-refractivity contribution in [1.82, 2.24) is 90.4 Å². The van der Waals surface area contributed by atoms with Gasteiger partial charge in [0.25, 0.3) is 0 Å². The Balaban J connectivity index is 0.000000115. The molecule has 0 aliphatic heterocycles. The lowest BCUT2D eigenvalue weighted by atomic mass is 10.0. The lowest BCUT2D eigenvalue weighted by Crippen LogP contribution is -2.10. The average Bonchev–Trinajstić information content (AvgIpc) is 1.63. The van der Waals surface area contributed by atoms with Crippen LogP contribution in [0.25, 0.3) is 179 Å². The largest absolute Gasteiger partial charge is 0.392 e. The van der Waals surface area contributed by atoms with Crippen molar-refractivity contribution in [3.63, 3.8) is 0 Å². The molecule has 5 aromatic carbocycles. The number of anilines is 1. The number of halogens is 10. The highest BCUT2D eigenvalue weighted by Crippen LogP contribution is 2.45. The van der Waals surface area contributed by atoms with Crippen LogP contribution in [-0.4, -0.2) is 144 Å². The highest BCUT2D eigenvalue weighted by Gasteiger charge is 2.29. The van der Waals surface area contributed by atoms with Gasteiger partial charge in [-0.2, -0.15) is 0 Å². The summed E-state index contributed by atoms with van der Waals surface area (Å²) in [6.45, 7) is 1.20. The van der Waals surface area contributed by atoms with Crippen molar-refractivity contribution in [3.05, 3.63) is 314 Å². The number of nitrogens with zero attached hydrogens (tertiary/aromatic N) is 14. The topological polar surface area (TPSA) is 316 Å². The second-order valence-corrected chi connectivity index (χ2v) is 30.2. The van der Waals surface area contributed by atoms with E-state index in [1.807, 2.05) is 93.4 Å². The number of hydrogen-bond donors (Lipinski definition) is 6. The first-order chi connectivity index (χ1) is 63.6. The Bertz CT molecular complexity index is 7810. The number of fused-ring (bicyclic) bond motifs is 5. The fourth-order valence-corrected chi connectivity index (χ4v) is 14.7. The van der Waals surface area contributed by atoms with Crippen LogP contribution in [0.1, 0.15) is 16.7 Å². The minimum atomic E-state index is -0.962. The highest BCUT2D eigenvalue weighted by molar-refractivity contribution is 6.05. The molecule has 0 amide bonds. The van der Waals surface area contributed by atoms with E-state index in [0.29, 0.717) is 130 Å². The number of rotatable bonds is 16. The molecule has 0 saturated heterocycles. The summed E-state index contributed by atoms with van der Waals surface area (Å²) >= 11 is 0. The van der Waals surface area contributed by atoms with E-state index in [2.05, 4.69) is 92.4 Å². The van der Waals surface area contributed by atoms with E-state index < -0.39 is 58.2 Å². The maximum Gasteiger partial charge on any atom is 0.177 e. The first-order valence-corrected chi connectivity index (χ1v) is 39.8. The quantitative estimate of drug-likeness (QED) is 0.0387. The molecule has 0 radical (unpaired) electrons. The summed E-state index contributed by atoms with van der Waals surface area (Å²) in [5, 5.41) is 32.1. The SMILES string of the molecule is CN(C)CC#Cc1cnc2[nH]cc(-c3oncc3-c3cccc(F)c3F)c2c1.CN(C)Cc1cnc2[nH]cc(-c3oncc3-c3cccc(F)c3F)c2c1.CN(C)c1ccnc2[nH]cc(-c3oncc3-c3cccc(F)c3F)c12.Fc1cccc(-c2cnoc2-c2c[nH]c3ncc(-c4ccncc4)cc23)c1F.OCc1cnc2[nH]cc(-c3oncc3-c3cccc(F)c3F)c2c1. The molecule has 0 aliphatic carbocycles. The molecule has 0 aliphatic rings. The van der Waals surface area contributed by atoms with Gasteiger partial charge < -0.3 is 62.4 Å². The Kier molecular flexibility index (Phi) is 24.7. The number of aromatic amines is 5. The van der Waals surface area contributed by atoms with Gasteiger partial charge >= 0.3 is 0 Å². The number of aliphatic hydroxyl groups is 1. The summed E-state index contributed by atoms with van der Waals surface area (Å²) < 4.78 is 166. The van der Waals surface area contributed by atoms with Crippen molar-refractivity contribution in [2.75, 3.05) is 53.7 Å². The molecule has 25 nitrogen and oxygen atoms in total. The Hall–Kier alpha value is -16.7. The van der Waals surface area contributed by atoms with Crippen LogP contribution in [0, 0.1) is 70.0 Å². The summed E-state index contributed by atoms with van der Waals surface area (Å²) in [5.74, 6) is -1.52. The molecule has 0 spiro atoms. The summed E-state index contributed by atoms with van der Waals surface area (Å²) in [7, 11) is 11.7. The Labute approximate surface area is 735 Å². The van der Waals surface area contributed by atoms with Crippen molar-refractivity contribution in [2.45, 2.75) is 13.2 Å². The lowest BCUT2D eigenvalue weighted by molar-refractivity contribution is 0.281. The summed E-state index contributed by atoms with van der Waals surface area (Å²) in [4.78, 5) is 47.0. The third kappa shape index (κ3) is 17.6. The molecule has 0 bridgehead atoms. The molecule has 0 saturated carbocycles. The van der Waals surface area contributed by atoms with E-state index in [9.17, 15) is 49.0 Å². The second kappa shape index (κ2) is 37.5. The van der Waals surface area contributed by atoms with Crippen LogP contribution >= 0.6 is 0 Å². The molecule has 131 heavy (non-hydrogen) atoms. The molecule has 21 aromatic rings. The summed E-state index contributed by atoms with van der Waals surface area (Å²) in [6, 6.07) is 33.2. The van der Waals surface area contributed by atoms with Crippen LogP contribution in [0.4, 0.5) is 49.6 Å². The Morgan fingerprint density at radius 1 is 0.328 bits per heavy atom. The molecule has 35 heteroatoms. The van der Waals surface area contributed by atoms with Gasteiger partial charge in [0, 0.05) is 189 Å². The van der Waals surface area contributed by atoms with Crippen LogP contribution in [0.15, 0.2) is 261 Å². The highest BCUT2D eigenvalue weighted by atomic mass is 19.2. The zero-order valence-electron chi connectivity index (χ0n) is 69.7. The molecule has 6 N–H and O–H groups in total. The minimum Gasteiger partial charge on any atom is -0.392 e. The zero-order valence-corrected chi connectivity index (χ0v) is 69.7. The average molecular weight is 1770 g/mol. The number of pyridine rings is 6. The van der Waals surface area contributed by atoms with Gasteiger partial charge in [-0.05, 0) is 118 Å². The molecule has 0 unspecified atom stereocenters. The fraction of sp³-hybridized carbons (Fsp3) is 0.0938. The number of aromatic nitrogens is 16. The molecule has 21 rings (SSSR count). The maximum absolute atomic E-state index is 14.3. The number of aliphatic hydroxyl groups excluding tert-OH is 1. The van der Waals surface area contributed by atoms with Gasteiger partial charge in [-0.25, -0.2) is 68.8 Å². The number of hydrogen-bond acceptors (Lipinski definition) is 20. The maximum atomic E-state index is 14.3. The van der Waals surface area contributed by atoms with Crippen molar-refractivity contribution in [1.29, 1.82) is 0 Å². The molecular formula is C96H69F10N19O6. The van der Waals surface area contributed by atoms with E-state index in [0.717, 1.165) is 86.4 Å². The van der Waals surface area contributed by atoms with Crippen LogP contribution in [-0.2, 0) is 13.2 Å². The normalized spacial score (nSPS) is 11.3. The molecule has 0 atom stereocenters. The standard InChI is InChI=1S/C21H12F2N4O.C21H16F2N4O.C19H16F2N4O.C18H14F2N4O.C17H11F2N3O2/c22-18-3-1-2-14(19(18)23)17-11-27-28-20(17)16-10-26-21-15(16)8-13(9-25-21)12-4-6-24-7-5-12;1-27(2)8-4-5-13-9-15-16(11-25-21(15)24-10-13)20-17(12-26-28-20)14-6-3-7-18(22)19(14)23;1-25(2)10-11-6-13-14(8-23-19(13)22-7-11)18-15(9-24-26-18)12-4-3-5-16(20)17(12)21;1-24(2)14-6-7-21-18-15(14)12(8-22-18)17-11(9-23-25-17)10-4-3-5-13(19)16(10)20;18-14-3-1-2-10(15(14)19)13-7-22-24-16(13)12-6-21-17-11(12)4-9(8-23)5-20-17/h1-11H,(H,25,26);3,6-7,9-12H,8H2,1-2H3,(H,24,25);3-9H,10H2,1-2H3,(H,22,23);3-9H,1-2H3,(H,21,22);1-7,23H,8H2,(H,20,21). The van der Waals surface area contributed by atoms with Crippen LogP contribution in [0.2, 0.25) is 0 Å². The van der Waals surface area contributed by atoms with Gasteiger partial charge in [0.15, 0.2) is 87.0 Å². The van der Waals surface area contributed by atoms with Crippen molar-refractivity contribution in [3.8, 4) is 135 Å².